The SMILES string of the molecule is CCOC(=O)c1cc(Br)nn1C(=O)OC(C)(C)C. The lowest BCUT2D eigenvalue weighted by molar-refractivity contribution is 0.0433. The second-order valence-electron chi connectivity index (χ2n) is 4.46. The first kappa shape index (κ1) is 14.7. The Kier molecular flexibility index (Phi) is 4.50. The minimum Gasteiger partial charge on any atom is -0.461 e. The zero-order valence-corrected chi connectivity index (χ0v) is 12.3. The minimum absolute atomic E-state index is 0.0259. The van der Waals surface area contributed by atoms with Gasteiger partial charge in [0.05, 0.1) is 6.61 Å². The zero-order chi connectivity index (χ0) is 13.9. The van der Waals surface area contributed by atoms with Gasteiger partial charge >= 0.3 is 12.1 Å². The van der Waals surface area contributed by atoms with Gasteiger partial charge in [0.25, 0.3) is 0 Å². The molecule has 0 aliphatic carbocycles. The van der Waals surface area contributed by atoms with E-state index in [-0.39, 0.29) is 12.3 Å². The summed E-state index contributed by atoms with van der Waals surface area (Å²) in [7, 11) is 0. The van der Waals surface area contributed by atoms with Gasteiger partial charge in [-0.3, -0.25) is 0 Å². The van der Waals surface area contributed by atoms with Crippen molar-refractivity contribution in [3.05, 3.63) is 16.4 Å². The number of carbonyl (C=O) groups excluding carboxylic acids is 2. The van der Waals surface area contributed by atoms with Gasteiger partial charge in [-0.1, -0.05) is 0 Å². The number of ether oxygens (including phenoxy) is 2. The van der Waals surface area contributed by atoms with Crippen LogP contribution in [0.1, 0.15) is 38.2 Å². The monoisotopic (exact) mass is 318 g/mol. The van der Waals surface area contributed by atoms with Crippen molar-refractivity contribution < 1.29 is 19.1 Å². The van der Waals surface area contributed by atoms with Crippen molar-refractivity contribution in [2.45, 2.75) is 33.3 Å². The van der Waals surface area contributed by atoms with Crippen molar-refractivity contribution in [3.8, 4) is 0 Å². The summed E-state index contributed by atoms with van der Waals surface area (Å²) in [4.78, 5) is 23.5. The maximum absolute atomic E-state index is 11.9. The molecule has 0 atom stereocenters. The molecule has 0 unspecified atom stereocenters. The zero-order valence-electron chi connectivity index (χ0n) is 10.7. The number of aromatic nitrogens is 2. The third kappa shape index (κ3) is 3.83. The van der Waals surface area contributed by atoms with Crippen LogP contribution in [-0.2, 0) is 9.47 Å². The summed E-state index contributed by atoms with van der Waals surface area (Å²) >= 11 is 3.10. The van der Waals surface area contributed by atoms with Crippen LogP contribution in [0, 0.1) is 0 Å². The van der Waals surface area contributed by atoms with Crippen molar-refractivity contribution in [2.24, 2.45) is 0 Å². The summed E-state index contributed by atoms with van der Waals surface area (Å²) in [6.45, 7) is 7.09. The van der Waals surface area contributed by atoms with Crippen LogP contribution >= 0.6 is 15.9 Å². The quantitative estimate of drug-likeness (QED) is 0.784. The van der Waals surface area contributed by atoms with Gasteiger partial charge in [-0.15, -0.1) is 0 Å². The van der Waals surface area contributed by atoms with Gasteiger partial charge in [0, 0.05) is 6.07 Å². The number of carbonyl (C=O) groups is 2. The maximum Gasteiger partial charge on any atom is 0.436 e. The van der Waals surface area contributed by atoms with Crippen LogP contribution in [0.5, 0.6) is 0 Å². The first-order valence-electron chi connectivity index (χ1n) is 5.40. The predicted molar refractivity (Wildman–Crippen MR) is 67.5 cm³/mol. The normalized spacial score (nSPS) is 11.2. The molecule has 0 spiro atoms. The van der Waals surface area contributed by atoms with Crippen molar-refractivity contribution in [2.75, 3.05) is 6.61 Å². The molecule has 0 fully saturated rings. The van der Waals surface area contributed by atoms with E-state index in [0.29, 0.717) is 4.60 Å². The second-order valence-corrected chi connectivity index (χ2v) is 5.28. The Balaban J connectivity index is 3.02. The molecule has 0 N–H and O–H groups in total. The molecule has 100 valence electrons. The first-order chi connectivity index (χ1) is 8.24. The maximum atomic E-state index is 11.9. The highest BCUT2D eigenvalue weighted by Crippen LogP contribution is 2.15. The second kappa shape index (κ2) is 5.51. The van der Waals surface area contributed by atoms with Crippen LogP contribution in [0.15, 0.2) is 10.7 Å². The first-order valence-corrected chi connectivity index (χ1v) is 6.20. The third-order valence-electron chi connectivity index (χ3n) is 1.73. The fourth-order valence-corrected chi connectivity index (χ4v) is 1.52. The fraction of sp³-hybridized carbons (Fsp3) is 0.545. The van der Waals surface area contributed by atoms with E-state index in [2.05, 4.69) is 21.0 Å². The summed E-state index contributed by atoms with van der Waals surface area (Å²) in [5.41, 5.74) is -0.639. The number of rotatable bonds is 2. The number of hydrogen-bond donors (Lipinski definition) is 0. The molecule has 0 radical (unpaired) electrons. The average molecular weight is 319 g/mol. The van der Waals surface area contributed by atoms with Crippen LogP contribution in [0.4, 0.5) is 4.79 Å². The Hall–Kier alpha value is -1.37. The van der Waals surface area contributed by atoms with Gasteiger partial charge in [-0.2, -0.15) is 9.78 Å². The molecule has 18 heavy (non-hydrogen) atoms. The standard InChI is InChI=1S/C11H15BrN2O4/c1-5-17-9(15)7-6-8(12)13-14(7)10(16)18-11(2,3)4/h6H,5H2,1-4H3. The molecule has 7 heteroatoms. The van der Waals surface area contributed by atoms with Crippen molar-refractivity contribution in [1.82, 2.24) is 9.78 Å². The van der Waals surface area contributed by atoms with Crippen LogP contribution in [0.3, 0.4) is 0 Å². The molecule has 0 aliphatic rings. The molecule has 6 nitrogen and oxygen atoms in total. The van der Waals surface area contributed by atoms with Gasteiger partial charge in [0.2, 0.25) is 0 Å². The van der Waals surface area contributed by atoms with Crippen LogP contribution in [0.2, 0.25) is 0 Å². The van der Waals surface area contributed by atoms with Gasteiger partial charge < -0.3 is 9.47 Å². The molecule has 0 aliphatic heterocycles. The van der Waals surface area contributed by atoms with E-state index >= 15 is 0 Å². The minimum atomic E-state index is -0.726. The summed E-state index contributed by atoms with van der Waals surface area (Å²) < 4.78 is 11.2. The summed E-state index contributed by atoms with van der Waals surface area (Å²) in [6, 6.07) is 1.40. The molecule has 0 saturated carbocycles. The molecule has 1 heterocycles. The van der Waals surface area contributed by atoms with E-state index in [9.17, 15) is 9.59 Å². The Morgan fingerprint density at radius 3 is 2.56 bits per heavy atom. The molecule has 0 saturated heterocycles. The van der Waals surface area contributed by atoms with Crippen molar-refractivity contribution >= 4 is 28.0 Å². The third-order valence-corrected chi connectivity index (χ3v) is 2.12. The molecule has 0 amide bonds. The largest absolute Gasteiger partial charge is 0.461 e. The molecule has 0 aromatic carbocycles. The van der Waals surface area contributed by atoms with E-state index in [0.717, 1.165) is 4.68 Å². The summed E-state index contributed by atoms with van der Waals surface area (Å²) in [5, 5.41) is 3.86. The van der Waals surface area contributed by atoms with Gasteiger partial charge in [0.15, 0.2) is 5.69 Å². The van der Waals surface area contributed by atoms with Crippen molar-refractivity contribution in [1.29, 1.82) is 0 Å². The highest BCUT2D eigenvalue weighted by molar-refractivity contribution is 9.10. The van der Waals surface area contributed by atoms with E-state index in [4.69, 9.17) is 9.47 Å². The Morgan fingerprint density at radius 2 is 2.06 bits per heavy atom. The topological polar surface area (TPSA) is 70.4 Å². The van der Waals surface area contributed by atoms with Gasteiger partial charge in [-0.25, -0.2) is 9.59 Å². The summed E-state index contributed by atoms with van der Waals surface area (Å²) in [5.74, 6) is -0.624. The van der Waals surface area contributed by atoms with Crippen LogP contribution < -0.4 is 0 Å². The number of hydrogen-bond acceptors (Lipinski definition) is 5. The van der Waals surface area contributed by atoms with Crippen LogP contribution in [-0.4, -0.2) is 34.1 Å². The molecular weight excluding hydrogens is 304 g/mol. The molecule has 0 bridgehead atoms. The number of halogens is 1. The predicted octanol–water partition coefficient (Wildman–Crippen LogP) is 2.61. The van der Waals surface area contributed by atoms with Gasteiger partial charge in [-0.05, 0) is 43.6 Å². The summed E-state index contributed by atoms with van der Waals surface area (Å²) in [6.07, 6.45) is -0.726. The highest BCUT2D eigenvalue weighted by atomic mass is 79.9. The Morgan fingerprint density at radius 1 is 1.44 bits per heavy atom. The molecule has 1 aromatic rings. The smallest absolute Gasteiger partial charge is 0.436 e. The van der Waals surface area contributed by atoms with E-state index in [1.54, 1.807) is 27.7 Å². The Labute approximate surface area is 113 Å². The average Bonchev–Trinajstić information content (AvgIpc) is 2.58. The fourth-order valence-electron chi connectivity index (χ4n) is 1.15. The van der Waals surface area contributed by atoms with Crippen LogP contribution in [0.25, 0.3) is 0 Å². The molecule has 1 rings (SSSR count). The van der Waals surface area contributed by atoms with E-state index < -0.39 is 17.7 Å². The lowest BCUT2D eigenvalue weighted by Gasteiger charge is -2.19. The number of esters is 1. The Bertz CT molecular complexity index is 462. The van der Waals surface area contributed by atoms with E-state index in [1.807, 2.05) is 0 Å². The molecular formula is C11H15BrN2O4. The highest BCUT2D eigenvalue weighted by Gasteiger charge is 2.25. The number of nitrogens with zero attached hydrogens (tertiary/aromatic N) is 2. The van der Waals surface area contributed by atoms with Crippen molar-refractivity contribution in [3.63, 3.8) is 0 Å². The van der Waals surface area contributed by atoms with E-state index in [1.165, 1.54) is 6.07 Å². The lowest BCUT2D eigenvalue weighted by Crippen LogP contribution is -2.29. The van der Waals surface area contributed by atoms with Gasteiger partial charge in [0.1, 0.15) is 10.2 Å². The lowest BCUT2D eigenvalue weighted by atomic mass is 10.2. The molecule has 1 aromatic heterocycles.